The van der Waals surface area contributed by atoms with E-state index >= 15 is 0 Å². The van der Waals surface area contributed by atoms with Gasteiger partial charge in [-0.2, -0.15) is 0 Å². The van der Waals surface area contributed by atoms with Crippen molar-refractivity contribution in [3.05, 3.63) is 22.5 Å². The number of likely N-dealkylation sites (tertiary alicyclic amines) is 1. The number of hydrogen-bond donors (Lipinski definition) is 1. The molecule has 0 aromatic carbocycles. The van der Waals surface area contributed by atoms with Crippen molar-refractivity contribution in [3.63, 3.8) is 0 Å². The molecule has 5 heteroatoms. The molecular weight excluding hydrogens is 352 g/mol. The van der Waals surface area contributed by atoms with Gasteiger partial charge in [-0.05, 0) is 43.6 Å². The molecule has 1 saturated heterocycles. The number of nitrogens with zero attached hydrogens (tertiary/aromatic N) is 2. The van der Waals surface area contributed by atoms with E-state index in [1.807, 2.05) is 0 Å². The largest absolute Gasteiger partial charge is 0.391 e. The van der Waals surface area contributed by atoms with Crippen molar-refractivity contribution in [3.8, 4) is 0 Å². The van der Waals surface area contributed by atoms with Gasteiger partial charge in [0.05, 0.1) is 12.5 Å². The van der Waals surface area contributed by atoms with Crippen molar-refractivity contribution < 1.29 is 14.7 Å². The van der Waals surface area contributed by atoms with Crippen LogP contribution in [0.2, 0.25) is 0 Å². The Morgan fingerprint density at radius 3 is 2.50 bits per heavy atom. The van der Waals surface area contributed by atoms with Crippen LogP contribution in [0.15, 0.2) is 0 Å². The molecule has 1 aromatic rings. The molecule has 1 aliphatic heterocycles. The van der Waals surface area contributed by atoms with Gasteiger partial charge in [-0.3, -0.25) is 9.59 Å². The molecule has 0 bridgehead atoms. The number of fused-ring (bicyclic) bond motifs is 1. The zero-order valence-corrected chi connectivity index (χ0v) is 17.6. The third kappa shape index (κ3) is 3.54. The van der Waals surface area contributed by atoms with Crippen LogP contribution in [-0.2, 0) is 17.6 Å². The predicted octanol–water partition coefficient (Wildman–Crippen LogP) is 3.59. The predicted molar refractivity (Wildman–Crippen MR) is 109 cm³/mol. The van der Waals surface area contributed by atoms with Crippen molar-refractivity contribution >= 4 is 11.7 Å². The molecule has 2 aliphatic carbocycles. The lowest BCUT2D eigenvalue weighted by atomic mass is 9.75. The lowest BCUT2D eigenvalue weighted by Crippen LogP contribution is -2.32. The number of rotatable bonds is 3. The molecule has 1 aromatic heterocycles. The summed E-state index contributed by atoms with van der Waals surface area (Å²) in [7, 11) is 0. The van der Waals surface area contributed by atoms with Crippen LogP contribution in [0, 0.1) is 12.3 Å². The van der Waals surface area contributed by atoms with E-state index < -0.39 is 6.10 Å². The van der Waals surface area contributed by atoms with Crippen molar-refractivity contribution in [1.82, 2.24) is 9.47 Å². The molecule has 2 heterocycles. The Labute approximate surface area is 168 Å². The molecule has 0 spiro atoms. The van der Waals surface area contributed by atoms with Crippen LogP contribution < -0.4 is 0 Å². The minimum atomic E-state index is -0.409. The molecule has 1 N–H and O–H groups in total. The number of amides is 1. The van der Waals surface area contributed by atoms with Gasteiger partial charge in [0.1, 0.15) is 0 Å². The first-order valence-corrected chi connectivity index (χ1v) is 11.0. The highest BCUT2D eigenvalue weighted by molar-refractivity contribution is 6.01. The van der Waals surface area contributed by atoms with E-state index in [9.17, 15) is 14.7 Å². The molecule has 28 heavy (non-hydrogen) atoms. The summed E-state index contributed by atoms with van der Waals surface area (Å²) in [6.07, 6.45) is 8.11. The van der Waals surface area contributed by atoms with E-state index in [4.69, 9.17) is 0 Å². The summed E-state index contributed by atoms with van der Waals surface area (Å²) in [5.74, 6) is 0.244. The highest BCUT2D eigenvalue weighted by Crippen LogP contribution is 2.42. The van der Waals surface area contributed by atoms with Crippen LogP contribution in [0.4, 0.5) is 0 Å². The summed E-state index contributed by atoms with van der Waals surface area (Å²) in [6.45, 7) is 7.50. The van der Waals surface area contributed by atoms with Gasteiger partial charge in [0.2, 0.25) is 5.91 Å². The average Bonchev–Trinajstić information content (AvgIpc) is 3.17. The quantitative estimate of drug-likeness (QED) is 0.863. The van der Waals surface area contributed by atoms with Gasteiger partial charge in [-0.15, -0.1) is 0 Å². The van der Waals surface area contributed by atoms with Gasteiger partial charge in [0, 0.05) is 42.5 Å². The molecule has 1 unspecified atom stereocenters. The van der Waals surface area contributed by atoms with Crippen LogP contribution >= 0.6 is 0 Å². The Morgan fingerprint density at radius 1 is 1.14 bits per heavy atom. The summed E-state index contributed by atoms with van der Waals surface area (Å²) in [5.41, 5.74) is 4.07. The number of β-amino-alcohol motifs (C(OH)–C–C–N with tert-alkyl or cyclic N) is 1. The third-order valence-corrected chi connectivity index (χ3v) is 7.03. The standard InChI is InChI=1S/C23H34N2O3/c1-15-18(11-21(28)24-10-9-17(26)14-24)22-19(12-23(2,3)13-20(22)27)25(15)16-7-5-4-6-8-16/h16-17,26H,4-14H2,1-3H3. The number of aliphatic hydroxyl groups excluding tert-OH is 1. The molecular formula is C23H34N2O3. The number of hydrogen-bond acceptors (Lipinski definition) is 3. The maximum absolute atomic E-state index is 13.1. The van der Waals surface area contributed by atoms with Crippen LogP contribution in [0.25, 0.3) is 0 Å². The van der Waals surface area contributed by atoms with E-state index in [2.05, 4.69) is 25.3 Å². The highest BCUT2D eigenvalue weighted by atomic mass is 16.3. The Hall–Kier alpha value is -1.62. The minimum absolute atomic E-state index is 0.0262. The second kappa shape index (κ2) is 7.33. The lowest BCUT2D eigenvalue weighted by molar-refractivity contribution is -0.129. The van der Waals surface area contributed by atoms with Crippen molar-refractivity contribution in [2.24, 2.45) is 5.41 Å². The van der Waals surface area contributed by atoms with E-state index in [0.717, 1.165) is 23.2 Å². The number of Topliss-reactive ketones (excluding diaryl/α,β-unsaturated/α-hetero) is 1. The van der Waals surface area contributed by atoms with Gasteiger partial charge >= 0.3 is 0 Å². The first-order valence-electron chi connectivity index (χ1n) is 11.0. The maximum atomic E-state index is 13.1. The monoisotopic (exact) mass is 386 g/mol. The third-order valence-electron chi connectivity index (χ3n) is 7.03. The smallest absolute Gasteiger partial charge is 0.227 e. The molecule has 3 aliphatic rings. The molecule has 1 saturated carbocycles. The van der Waals surface area contributed by atoms with Crippen LogP contribution in [0.5, 0.6) is 0 Å². The topological polar surface area (TPSA) is 62.5 Å². The van der Waals surface area contributed by atoms with E-state index in [0.29, 0.717) is 32.0 Å². The molecule has 0 radical (unpaired) electrons. The minimum Gasteiger partial charge on any atom is -0.391 e. The maximum Gasteiger partial charge on any atom is 0.227 e. The number of ketones is 1. The number of carbonyl (C=O) groups is 2. The Kier molecular flexibility index (Phi) is 5.15. The summed E-state index contributed by atoms with van der Waals surface area (Å²) >= 11 is 0. The first-order chi connectivity index (χ1) is 13.3. The zero-order chi connectivity index (χ0) is 20.1. The SMILES string of the molecule is Cc1c(CC(=O)N2CCC(O)C2)c2c(n1C1CCCCC1)CC(C)(C)CC2=O. The van der Waals surface area contributed by atoms with Crippen LogP contribution in [0.3, 0.4) is 0 Å². The fourth-order valence-corrected chi connectivity index (χ4v) is 5.65. The molecule has 1 atom stereocenters. The summed E-state index contributed by atoms with van der Waals surface area (Å²) in [6, 6.07) is 0.460. The average molecular weight is 387 g/mol. The summed E-state index contributed by atoms with van der Waals surface area (Å²) < 4.78 is 2.44. The van der Waals surface area contributed by atoms with Crippen molar-refractivity contribution in [2.75, 3.05) is 13.1 Å². The fraction of sp³-hybridized carbons (Fsp3) is 0.739. The van der Waals surface area contributed by atoms with Crippen molar-refractivity contribution in [2.45, 2.75) is 90.7 Å². The molecule has 5 nitrogen and oxygen atoms in total. The van der Waals surface area contributed by atoms with Gasteiger partial charge < -0.3 is 14.6 Å². The number of carbonyl (C=O) groups excluding carboxylic acids is 2. The summed E-state index contributed by atoms with van der Waals surface area (Å²) in [5, 5.41) is 9.78. The lowest BCUT2D eigenvalue weighted by Gasteiger charge is -2.33. The van der Waals surface area contributed by atoms with Gasteiger partial charge in [-0.1, -0.05) is 33.1 Å². The second-order valence-electron chi connectivity index (χ2n) is 9.95. The van der Waals surface area contributed by atoms with Crippen LogP contribution in [0.1, 0.15) is 92.1 Å². The molecule has 1 amide bonds. The first kappa shape index (κ1) is 19.7. The Morgan fingerprint density at radius 2 is 1.86 bits per heavy atom. The van der Waals surface area contributed by atoms with E-state index in [-0.39, 0.29) is 23.5 Å². The fourth-order valence-electron chi connectivity index (χ4n) is 5.65. The van der Waals surface area contributed by atoms with Crippen molar-refractivity contribution in [1.29, 1.82) is 0 Å². The number of aromatic nitrogens is 1. The van der Waals surface area contributed by atoms with Gasteiger partial charge in [0.15, 0.2) is 5.78 Å². The molecule has 4 rings (SSSR count). The van der Waals surface area contributed by atoms with Gasteiger partial charge in [0.25, 0.3) is 0 Å². The molecule has 154 valence electrons. The van der Waals surface area contributed by atoms with E-state index in [1.54, 1.807) is 4.90 Å². The zero-order valence-electron chi connectivity index (χ0n) is 17.6. The van der Waals surface area contributed by atoms with Gasteiger partial charge in [-0.25, -0.2) is 0 Å². The Balaban J connectivity index is 1.73. The van der Waals surface area contributed by atoms with Crippen LogP contribution in [-0.4, -0.2) is 45.5 Å². The Bertz CT molecular complexity index is 786. The van der Waals surface area contributed by atoms with E-state index in [1.165, 1.54) is 37.8 Å². The summed E-state index contributed by atoms with van der Waals surface area (Å²) in [4.78, 5) is 27.8. The highest BCUT2D eigenvalue weighted by Gasteiger charge is 2.39. The second-order valence-corrected chi connectivity index (χ2v) is 9.95. The normalized spacial score (nSPS) is 25.2. The molecule has 2 fully saturated rings. The number of aliphatic hydroxyl groups is 1.